The minimum absolute atomic E-state index is 0.0275. The van der Waals surface area contributed by atoms with Crippen LogP contribution in [-0.4, -0.2) is 30.7 Å². The SMILES string of the molecule is NCC(=O)NCC(O)(CCCOCc1ccccc1)c1ccc(Cl)c(Cl)c1. The van der Waals surface area contributed by atoms with Gasteiger partial charge in [0.15, 0.2) is 0 Å². The summed E-state index contributed by atoms with van der Waals surface area (Å²) in [5, 5.41) is 14.5. The molecule has 0 radical (unpaired) electrons. The van der Waals surface area contributed by atoms with E-state index in [1.165, 1.54) is 0 Å². The number of amides is 1. The van der Waals surface area contributed by atoms with Crippen LogP contribution in [-0.2, 0) is 21.7 Å². The fraction of sp³-hybridized carbons (Fsp3) is 0.350. The summed E-state index contributed by atoms with van der Waals surface area (Å²) in [5.41, 5.74) is 5.70. The maximum Gasteiger partial charge on any atom is 0.233 e. The third-order valence-electron chi connectivity index (χ3n) is 4.21. The molecule has 0 aliphatic heterocycles. The lowest BCUT2D eigenvalue weighted by Gasteiger charge is -2.29. The molecule has 2 aromatic rings. The minimum Gasteiger partial charge on any atom is -0.383 e. The van der Waals surface area contributed by atoms with E-state index in [-0.39, 0.29) is 19.0 Å². The number of nitrogens with two attached hydrogens (primary N) is 1. The van der Waals surface area contributed by atoms with Gasteiger partial charge < -0.3 is 20.9 Å². The molecular weight excluding hydrogens is 387 g/mol. The topological polar surface area (TPSA) is 84.6 Å². The molecule has 0 bridgehead atoms. The molecular formula is C20H24Cl2N2O3. The van der Waals surface area contributed by atoms with Crippen molar-refractivity contribution in [3.8, 4) is 0 Å². The van der Waals surface area contributed by atoms with Crippen LogP contribution in [0.25, 0.3) is 0 Å². The van der Waals surface area contributed by atoms with Gasteiger partial charge in [-0.25, -0.2) is 0 Å². The normalized spacial score (nSPS) is 13.2. The number of nitrogens with one attached hydrogen (secondary N) is 1. The number of carbonyl (C=O) groups excluding carboxylic acids is 1. The van der Waals surface area contributed by atoms with E-state index in [0.29, 0.717) is 41.7 Å². The van der Waals surface area contributed by atoms with Crippen molar-refractivity contribution in [3.05, 3.63) is 69.7 Å². The highest BCUT2D eigenvalue weighted by atomic mass is 35.5. The van der Waals surface area contributed by atoms with Crippen LogP contribution in [0.3, 0.4) is 0 Å². The van der Waals surface area contributed by atoms with E-state index in [4.69, 9.17) is 33.7 Å². The van der Waals surface area contributed by atoms with Gasteiger partial charge in [-0.2, -0.15) is 0 Å². The van der Waals surface area contributed by atoms with E-state index in [1.54, 1.807) is 18.2 Å². The van der Waals surface area contributed by atoms with Crippen LogP contribution in [0.1, 0.15) is 24.0 Å². The molecule has 146 valence electrons. The second-order valence-electron chi connectivity index (χ2n) is 6.28. The molecule has 1 unspecified atom stereocenters. The number of rotatable bonds is 10. The maximum atomic E-state index is 11.5. The standard InChI is InChI=1S/C20H24Cl2N2O3/c21-17-8-7-16(11-18(17)22)20(26,14-24-19(25)12-23)9-4-10-27-13-15-5-2-1-3-6-15/h1-3,5-8,11,26H,4,9-10,12-14,23H2,(H,24,25). The highest BCUT2D eigenvalue weighted by Gasteiger charge is 2.30. The number of hydrogen-bond donors (Lipinski definition) is 3. The second kappa shape index (κ2) is 10.6. The fourth-order valence-corrected chi connectivity index (χ4v) is 2.97. The van der Waals surface area contributed by atoms with Crippen LogP contribution in [0.4, 0.5) is 0 Å². The first kappa shape index (κ1) is 21.7. The molecule has 1 atom stereocenters. The Morgan fingerprint density at radius 3 is 2.56 bits per heavy atom. The molecule has 0 saturated carbocycles. The lowest BCUT2D eigenvalue weighted by molar-refractivity contribution is -0.121. The smallest absolute Gasteiger partial charge is 0.233 e. The predicted octanol–water partition coefficient (Wildman–Crippen LogP) is 3.25. The first-order chi connectivity index (χ1) is 12.9. The Morgan fingerprint density at radius 1 is 1.15 bits per heavy atom. The van der Waals surface area contributed by atoms with Crippen LogP contribution < -0.4 is 11.1 Å². The molecule has 0 aliphatic carbocycles. The monoisotopic (exact) mass is 410 g/mol. The van der Waals surface area contributed by atoms with Crippen molar-refractivity contribution in [2.45, 2.75) is 25.0 Å². The van der Waals surface area contributed by atoms with Gasteiger partial charge in [-0.05, 0) is 36.1 Å². The third kappa shape index (κ3) is 6.79. The van der Waals surface area contributed by atoms with Gasteiger partial charge in [0.05, 0.1) is 29.7 Å². The average Bonchev–Trinajstić information content (AvgIpc) is 2.68. The van der Waals surface area contributed by atoms with Crippen molar-refractivity contribution in [1.82, 2.24) is 5.32 Å². The summed E-state index contributed by atoms with van der Waals surface area (Å²) in [6, 6.07) is 14.8. The van der Waals surface area contributed by atoms with Crippen LogP contribution in [0.15, 0.2) is 48.5 Å². The molecule has 4 N–H and O–H groups in total. The maximum absolute atomic E-state index is 11.5. The molecule has 2 aromatic carbocycles. The quantitative estimate of drug-likeness (QED) is 0.524. The van der Waals surface area contributed by atoms with Crippen LogP contribution in [0.5, 0.6) is 0 Å². The zero-order valence-electron chi connectivity index (χ0n) is 15.0. The van der Waals surface area contributed by atoms with Gasteiger partial charge in [-0.3, -0.25) is 4.79 Å². The second-order valence-corrected chi connectivity index (χ2v) is 7.10. The summed E-state index contributed by atoms with van der Waals surface area (Å²) in [6.07, 6.45) is 0.979. The largest absolute Gasteiger partial charge is 0.383 e. The average molecular weight is 411 g/mol. The fourth-order valence-electron chi connectivity index (χ4n) is 2.67. The van der Waals surface area contributed by atoms with Gasteiger partial charge in [0.25, 0.3) is 0 Å². The zero-order valence-corrected chi connectivity index (χ0v) is 16.5. The van der Waals surface area contributed by atoms with Gasteiger partial charge in [0.1, 0.15) is 5.60 Å². The summed E-state index contributed by atoms with van der Waals surface area (Å²) < 4.78 is 5.67. The Balaban J connectivity index is 1.96. The Morgan fingerprint density at radius 2 is 1.89 bits per heavy atom. The first-order valence-corrected chi connectivity index (χ1v) is 9.46. The molecule has 0 spiro atoms. The zero-order chi connectivity index (χ0) is 19.7. The summed E-state index contributed by atoms with van der Waals surface area (Å²) in [4.78, 5) is 11.5. The van der Waals surface area contributed by atoms with Gasteiger partial charge in [-0.15, -0.1) is 0 Å². The van der Waals surface area contributed by atoms with Gasteiger partial charge in [-0.1, -0.05) is 59.6 Å². The van der Waals surface area contributed by atoms with Crippen LogP contribution >= 0.6 is 23.2 Å². The minimum atomic E-state index is -1.30. The number of hydrogen-bond acceptors (Lipinski definition) is 4. The van der Waals surface area contributed by atoms with Gasteiger partial charge in [0.2, 0.25) is 5.91 Å². The Hall–Kier alpha value is -1.63. The van der Waals surface area contributed by atoms with Crippen molar-refractivity contribution in [2.75, 3.05) is 19.7 Å². The Bertz CT molecular complexity index is 743. The van der Waals surface area contributed by atoms with E-state index in [2.05, 4.69) is 5.32 Å². The highest BCUT2D eigenvalue weighted by Crippen LogP contribution is 2.31. The number of ether oxygens (including phenoxy) is 1. The highest BCUT2D eigenvalue weighted by molar-refractivity contribution is 6.42. The molecule has 2 rings (SSSR count). The first-order valence-electron chi connectivity index (χ1n) is 8.71. The number of halogens is 2. The van der Waals surface area contributed by atoms with Crippen LogP contribution in [0.2, 0.25) is 10.0 Å². The lowest BCUT2D eigenvalue weighted by Crippen LogP contribution is -2.43. The van der Waals surface area contributed by atoms with Crippen molar-refractivity contribution >= 4 is 29.1 Å². The van der Waals surface area contributed by atoms with Crippen molar-refractivity contribution in [2.24, 2.45) is 5.73 Å². The molecule has 0 aromatic heterocycles. The number of aliphatic hydroxyl groups is 1. The van der Waals surface area contributed by atoms with E-state index in [9.17, 15) is 9.90 Å². The van der Waals surface area contributed by atoms with Crippen molar-refractivity contribution in [1.29, 1.82) is 0 Å². The van der Waals surface area contributed by atoms with Gasteiger partial charge >= 0.3 is 0 Å². The molecule has 1 amide bonds. The van der Waals surface area contributed by atoms with E-state index in [0.717, 1.165) is 5.56 Å². The number of benzene rings is 2. The molecule has 0 aliphatic rings. The lowest BCUT2D eigenvalue weighted by atomic mass is 9.89. The van der Waals surface area contributed by atoms with E-state index < -0.39 is 5.60 Å². The van der Waals surface area contributed by atoms with Crippen molar-refractivity contribution in [3.63, 3.8) is 0 Å². The molecule has 7 heteroatoms. The van der Waals surface area contributed by atoms with Crippen LogP contribution in [0, 0.1) is 0 Å². The molecule has 0 heterocycles. The predicted molar refractivity (Wildman–Crippen MR) is 108 cm³/mol. The molecule has 0 fully saturated rings. The summed E-state index contributed by atoms with van der Waals surface area (Å²) in [5.74, 6) is -0.339. The summed E-state index contributed by atoms with van der Waals surface area (Å²) in [6.45, 7) is 0.872. The Kier molecular flexibility index (Phi) is 8.54. The Labute approximate surface area is 169 Å². The summed E-state index contributed by atoms with van der Waals surface area (Å²) >= 11 is 12.1. The molecule has 0 saturated heterocycles. The van der Waals surface area contributed by atoms with E-state index in [1.807, 2.05) is 30.3 Å². The molecule has 5 nitrogen and oxygen atoms in total. The van der Waals surface area contributed by atoms with Gasteiger partial charge in [0, 0.05) is 6.61 Å². The molecule has 27 heavy (non-hydrogen) atoms. The van der Waals surface area contributed by atoms with E-state index >= 15 is 0 Å². The van der Waals surface area contributed by atoms with Crippen molar-refractivity contribution < 1.29 is 14.6 Å². The number of carbonyl (C=O) groups is 1. The third-order valence-corrected chi connectivity index (χ3v) is 4.95. The summed E-state index contributed by atoms with van der Waals surface area (Å²) in [7, 11) is 0.